The number of rotatable bonds is 6. The minimum absolute atomic E-state index is 0.141. The minimum atomic E-state index is -0.947. The Morgan fingerprint density at radius 1 is 1.08 bits per heavy atom. The molecular weight excluding hydrogens is 496 g/mol. The molecule has 1 aromatic heterocycles. The number of hydrogen-bond donors (Lipinski definition) is 3. The van der Waals surface area contributed by atoms with Gasteiger partial charge in [-0.2, -0.15) is 4.98 Å². The van der Waals surface area contributed by atoms with E-state index in [-0.39, 0.29) is 17.8 Å². The topological polar surface area (TPSA) is 143 Å². The highest BCUT2D eigenvalue weighted by Crippen LogP contribution is 2.24. The van der Waals surface area contributed by atoms with Gasteiger partial charge in [0, 0.05) is 51.0 Å². The maximum Gasteiger partial charge on any atom is 0.354 e. The summed E-state index contributed by atoms with van der Waals surface area (Å²) in [6.07, 6.45) is 6.02. The standard InChI is InChI=1S/C28H42N8O3/c1-19-17-23(8-5-20(19)18-33(4)22-9-6-21(29)7-10-22)36-12-11-24(32-27(36)39)31-26(38)35-15-13-34(14-16-35)25(37)28(2,3)30/h5,8,11-12,17,21-22H,6-7,9-10,13-16,18,29-30H2,1-4H3,(H,31,32,38,39). The molecule has 2 heterocycles. The van der Waals surface area contributed by atoms with Crippen LogP contribution in [0.4, 0.5) is 10.6 Å². The summed E-state index contributed by atoms with van der Waals surface area (Å²) in [7, 11) is 2.16. The number of aryl methyl sites for hydroxylation is 1. The van der Waals surface area contributed by atoms with E-state index in [1.165, 1.54) is 10.1 Å². The molecule has 3 amide bonds. The second-order valence-electron chi connectivity index (χ2n) is 11.5. The highest BCUT2D eigenvalue weighted by Gasteiger charge is 2.31. The molecule has 0 spiro atoms. The van der Waals surface area contributed by atoms with Gasteiger partial charge in [-0.15, -0.1) is 0 Å². The molecule has 1 saturated carbocycles. The van der Waals surface area contributed by atoms with Crippen LogP contribution < -0.4 is 22.5 Å². The first kappa shape index (κ1) is 28.7. The first-order valence-corrected chi connectivity index (χ1v) is 13.7. The lowest BCUT2D eigenvalue weighted by Gasteiger charge is -2.37. The van der Waals surface area contributed by atoms with Crippen LogP contribution in [0.1, 0.15) is 50.7 Å². The van der Waals surface area contributed by atoms with Gasteiger partial charge >= 0.3 is 11.7 Å². The van der Waals surface area contributed by atoms with Crippen LogP contribution in [0.2, 0.25) is 0 Å². The van der Waals surface area contributed by atoms with Crippen LogP contribution in [0.15, 0.2) is 35.3 Å². The Kier molecular flexibility index (Phi) is 8.73. The van der Waals surface area contributed by atoms with Gasteiger partial charge in [0.1, 0.15) is 5.82 Å². The van der Waals surface area contributed by atoms with Gasteiger partial charge in [0.15, 0.2) is 0 Å². The molecule has 5 N–H and O–H groups in total. The molecule has 1 aliphatic heterocycles. The quantitative estimate of drug-likeness (QED) is 0.508. The Balaban J connectivity index is 1.35. The van der Waals surface area contributed by atoms with E-state index in [9.17, 15) is 14.4 Å². The highest BCUT2D eigenvalue weighted by atomic mass is 16.2. The van der Waals surface area contributed by atoms with Crippen molar-refractivity contribution in [2.45, 2.75) is 70.6 Å². The summed E-state index contributed by atoms with van der Waals surface area (Å²) >= 11 is 0. The van der Waals surface area contributed by atoms with E-state index in [1.54, 1.807) is 35.9 Å². The number of nitrogens with one attached hydrogen (secondary N) is 1. The molecule has 0 bridgehead atoms. The summed E-state index contributed by atoms with van der Waals surface area (Å²) in [5.41, 5.74) is 13.6. The van der Waals surface area contributed by atoms with Crippen molar-refractivity contribution < 1.29 is 9.59 Å². The maximum absolute atomic E-state index is 12.8. The fourth-order valence-corrected chi connectivity index (χ4v) is 5.33. The van der Waals surface area contributed by atoms with E-state index < -0.39 is 11.2 Å². The van der Waals surface area contributed by atoms with E-state index >= 15 is 0 Å². The second kappa shape index (κ2) is 11.8. The molecule has 0 unspecified atom stereocenters. The zero-order valence-electron chi connectivity index (χ0n) is 23.5. The average molecular weight is 539 g/mol. The van der Waals surface area contributed by atoms with Crippen molar-refractivity contribution in [2.75, 3.05) is 38.5 Å². The number of piperazine rings is 1. The third-order valence-electron chi connectivity index (χ3n) is 7.83. The zero-order valence-corrected chi connectivity index (χ0v) is 23.5. The van der Waals surface area contributed by atoms with Crippen LogP contribution in [0.3, 0.4) is 0 Å². The Labute approximate surface area is 230 Å². The molecular formula is C28H42N8O3. The van der Waals surface area contributed by atoms with Crippen molar-refractivity contribution in [3.63, 3.8) is 0 Å². The molecule has 212 valence electrons. The zero-order chi connectivity index (χ0) is 28.3. The van der Waals surface area contributed by atoms with Gasteiger partial charge in [0.2, 0.25) is 5.91 Å². The van der Waals surface area contributed by atoms with E-state index in [2.05, 4.69) is 35.2 Å². The van der Waals surface area contributed by atoms with Crippen molar-refractivity contribution >= 4 is 17.8 Å². The maximum atomic E-state index is 12.8. The molecule has 2 aliphatic rings. The molecule has 11 nitrogen and oxygen atoms in total. The van der Waals surface area contributed by atoms with E-state index in [1.807, 2.05) is 12.1 Å². The first-order chi connectivity index (χ1) is 18.4. The molecule has 0 atom stereocenters. The third-order valence-corrected chi connectivity index (χ3v) is 7.83. The van der Waals surface area contributed by atoms with Gasteiger partial charge in [0.25, 0.3) is 0 Å². The largest absolute Gasteiger partial charge is 0.354 e. The molecule has 2 fully saturated rings. The number of benzene rings is 1. The fourth-order valence-electron chi connectivity index (χ4n) is 5.33. The lowest BCUT2D eigenvalue weighted by molar-refractivity contribution is -0.137. The van der Waals surface area contributed by atoms with E-state index in [4.69, 9.17) is 11.5 Å². The summed E-state index contributed by atoms with van der Waals surface area (Å²) in [6.45, 7) is 7.80. The normalized spacial score (nSPS) is 20.3. The van der Waals surface area contributed by atoms with Crippen molar-refractivity contribution in [1.29, 1.82) is 0 Å². The highest BCUT2D eigenvalue weighted by molar-refractivity contribution is 5.89. The van der Waals surface area contributed by atoms with Gasteiger partial charge in [-0.1, -0.05) is 6.07 Å². The summed E-state index contributed by atoms with van der Waals surface area (Å²) in [6, 6.07) is 8.11. The van der Waals surface area contributed by atoms with Crippen LogP contribution in [0, 0.1) is 6.92 Å². The van der Waals surface area contributed by atoms with Crippen molar-refractivity contribution in [3.8, 4) is 5.69 Å². The summed E-state index contributed by atoms with van der Waals surface area (Å²) in [5, 5.41) is 2.70. The number of urea groups is 1. The number of amides is 3. The van der Waals surface area contributed by atoms with Crippen molar-refractivity contribution in [2.24, 2.45) is 11.5 Å². The van der Waals surface area contributed by atoms with Crippen LogP contribution in [-0.4, -0.2) is 87.0 Å². The van der Waals surface area contributed by atoms with Gasteiger partial charge < -0.3 is 21.3 Å². The van der Waals surface area contributed by atoms with Crippen LogP contribution >= 0.6 is 0 Å². The number of nitrogens with two attached hydrogens (primary N) is 2. The predicted molar refractivity (Wildman–Crippen MR) is 152 cm³/mol. The van der Waals surface area contributed by atoms with Crippen molar-refractivity contribution in [1.82, 2.24) is 24.3 Å². The number of carbonyl (C=O) groups is 2. The third kappa shape index (κ3) is 7.03. The Morgan fingerprint density at radius 3 is 2.31 bits per heavy atom. The average Bonchev–Trinajstić information content (AvgIpc) is 2.89. The number of carbonyl (C=O) groups excluding carboxylic acids is 2. The molecule has 11 heteroatoms. The lowest BCUT2D eigenvalue weighted by atomic mass is 9.90. The number of anilines is 1. The Bertz CT molecular complexity index is 1240. The van der Waals surface area contributed by atoms with Crippen LogP contribution in [-0.2, 0) is 11.3 Å². The van der Waals surface area contributed by atoms with Crippen molar-refractivity contribution in [3.05, 3.63) is 52.1 Å². The van der Waals surface area contributed by atoms with Crippen LogP contribution in [0.25, 0.3) is 5.69 Å². The molecule has 0 radical (unpaired) electrons. The first-order valence-electron chi connectivity index (χ1n) is 13.7. The predicted octanol–water partition coefficient (Wildman–Crippen LogP) is 1.66. The lowest BCUT2D eigenvalue weighted by Crippen LogP contribution is -2.58. The monoisotopic (exact) mass is 538 g/mol. The van der Waals surface area contributed by atoms with Crippen LogP contribution in [0.5, 0.6) is 0 Å². The second-order valence-corrected chi connectivity index (χ2v) is 11.5. The van der Waals surface area contributed by atoms with Gasteiger partial charge in [-0.05, 0) is 82.8 Å². The van der Waals surface area contributed by atoms with Gasteiger partial charge in [-0.25, -0.2) is 9.59 Å². The molecule has 1 aromatic carbocycles. The van der Waals surface area contributed by atoms with E-state index in [0.29, 0.717) is 38.3 Å². The molecule has 2 aromatic rings. The number of aromatic nitrogens is 2. The number of hydrogen-bond acceptors (Lipinski definition) is 7. The number of nitrogens with zero attached hydrogens (tertiary/aromatic N) is 5. The fraction of sp³-hybridized carbons (Fsp3) is 0.571. The van der Waals surface area contributed by atoms with E-state index in [0.717, 1.165) is 43.5 Å². The Morgan fingerprint density at radius 2 is 1.72 bits per heavy atom. The SMILES string of the molecule is Cc1cc(-n2ccc(NC(=O)N3CCN(C(=O)C(C)(C)N)CC3)nc2=O)ccc1CN(C)C1CCC(N)CC1. The summed E-state index contributed by atoms with van der Waals surface area (Å²) in [5.74, 6) is 0.0440. The molecule has 4 rings (SSSR count). The van der Waals surface area contributed by atoms with Gasteiger partial charge in [0.05, 0.1) is 11.2 Å². The molecule has 1 saturated heterocycles. The minimum Gasteiger partial charge on any atom is -0.338 e. The molecule has 39 heavy (non-hydrogen) atoms. The summed E-state index contributed by atoms with van der Waals surface area (Å²) in [4.78, 5) is 47.7. The molecule has 1 aliphatic carbocycles. The summed E-state index contributed by atoms with van der Waals surface area (Å²) < 4.78 is 1.47. The Hall–Kier alpha value is -3.28. The smallest absolute Gasteiger partial charge is 0.338 e. The van der Waals surface area contributed by atoms with Gasteiger partial charge in [-0.3, -0.25) is 19.6 Å².